The molecule has 18 heavy (non-hydrogen) atoms. The molecule has 0 bridgehead atoms. The maximum Gasteiger partial charge on any atom is 0.122 e. The van der Waals surface area contributed by atoms with E-state index < -0.39 is 0 Å². The Morgan fingerprint density at radius 3 is 3.17 bits per heavy atom. The number of benzene rings is 1. The lowest BCUT2D eigenvalue weighted by molar-refractivity contribution is 0.190. The van der Waals surface area contributed by atoms with Gasteiger partial charge in [0.15, 0.2) is 0 Å². The molecule has 1 atom stereocenters. The highest BCUT2D eigenvalue weighted by atomic mass is 32.2. The van der Waals surface area contributed by atoms with Gasteiger partial charge in [0, 0.05) is 16.5 Å². The Morgan fingerprint density at radius 1 is 1.44 bits per heavy atom. The van der Waals surface area contributed by atoms with E-state index >= 15 is 0 Å². The van der Waals surface area contributed by atoms with Crippen LogP contribution in [0.1, 0.15) is 17.5 Å². The predicted molar refractivity (Wildman–Crippen MR) is 68.7 cm³/mol. The number of fused-ring (bicyclic) bond motifs is 2. The van der Waals surface area contributed by atoms with Crippen LogP contribution in [-0.2, 0) is 18.0 Å². The van der Waals surface area contributed by atoms with Gasteiger partial charge in [-0.1, -0.05) is 6.07 Å². The normalized spacial score (nSPS) is 22.0. The van der Waals surface area contributed by atoms with Crippen LogP contribution in [0, 0.1) is 0 Å². The van der Waals surface area contributed by atoms with Crippen LogP contribution in [0.2, 0.25) is 0 Å². The Hall–Kier alpha value is -1.26. The number of ether oxygens (including phenoxy) is 1. The van der Waals surface area contributed by atoms with E-state index in [-0.39, 0.29) is 17.7 Å². The fraction of sp³-hybridized carbons (Fsp3) is 0.286. The number of rotatable bonds is 1. The van der Waals surface area contributed by atoms with Crippen LogP contribution in [-0.4, -0.2) is 10.4 Å². The highest BCUT2D eigenvalue weighted by Crippen LogP contribution is 2.40. The summed E-state index contributed by atoms with van der Waals surface area (Å²) in [6, 6.07) is 5.87. The summed E-state index contributed by atoms with van der Waals surface area (Å²) in [7, 11) is 0. The van der Waals surface area contributed by atoms with Crippen LogP contribution in [0.25, 0.3) is 0 Å². The molecular weight excluding hydrogens is 251 g/mol. The highest BCUT2D eigenvalue weighted by molar-refractivity contribution is 8.00. The van der Waals surface area contributed by atoms with Crippen molar-refractivity contribution >= 4 is 11.8 Å². The van der Waals surface area contributed by atoms with Crippen molar-refractivity contribution in [2.45, 2.75) is 29.8 Å². The molecule has 1 heterocycles. The summed E-state index contributed by atoms with van der Waals surface area (Å²) in [4.78, 5) is 1.15. The fourth-order valence-corrected chi connectivity index (χ4v) is 3.30. The number of thioether (sulfide) groups is 1. The molecule has 0 amide bonds. The first-order chi connectivity index (χ1) is 8.76. The van der Waals surface area contributed by atoms with Gasteiger partial charge in [0.1, 0.15) is 18.2 Å². The van der Waals surface area contributed by atoms with E-state index in [4.69, 9.17) is 9.84 Å². The van der Waals surface area contributed by atoms with E-state index in [0.717, 1.165) is 16.0 Å². The lowest BCUT2D eigenvalue weighted by Gasteiger charge is -2.18. The van der Waals surface area contributed by atoms with Gasteiger partial charge in [0.25, 0.3) is 0 Å². The van der Waals surface area contributed by atoms with Crippen molar-refractivity contribution in [1.29, 1.82) is 0 Å². The van der Waals surface area contributed by atoms with E-state index in [9.17, 15) is 4.39 Å². The summed E-state index contributed by atoms with van der Waals surface area (Å²) >= 11 is 1.70. The van der Waals surface area contributed by atoms with Gasteiger partial charge in [0.05, 0.1) is 11.9 Å². The average molecular weight is 264 g/mol. The zero-order valence-corrected chi connectivity index (χ0v) is 10.5. The van der Waals surface area contributed by atoms with Gasteiger partial charge in [-0.15, -0.1) is 11.8 Å². The monoisotopic (exact) mass is 264 g/mol. The zero-order chi connectivity index (χ0) is 12.5. The van der Waals surface area contributed by atoms with E-state index in [1.165, 1.54) is 6.08 Å². The second kappa shape index (κ2) is 4.78. The van der Waals surface area contributed by atoms with Crippen molar-refractivity contribution in [3.8, 4) is 0 Å². The van der Waals surface area contributed by atoms with Crippen LogP contribution in [0.3, 0.4) is 0 Å². The van der Waals surface area contributed by atoms with Crippen LogP contribution in [0.15, 0.2) is 46.8 Å². The molecule has 0 spiro atoms. The van der Waals surface area contributed by atoms with Crippen molar-refractivity contribution in [1.82, 2.24) is 0 Å². The third-order valence-electron chi connectivity index (χ3n) is 3.10. The minimum absolute atomic E-state index is 0.0280. The lowest BCUT2D eigenvalue weighted by Crippen LogP contribution is -2.09. The number of hydrogen-bond acceptors (Lipinski definition) is 3. The minimum Gasteiger partial charge on any atom is -0.492 e. The SMILES string of the molecule is OCc1ccc2c(c1)COC1=CC(F)=CCC1S2. The highest BCUT2D eigenvalue weighted by Gasteiger charge is 2.25. The summed E-state index contributed by atoms with van der Waals surface area (Å²) in [5.41, 5.74) is 1.93. The van der Waals surface area contributed by atoms with E-state index in [1.807, 2.05) is 18.2 Å². The second-order valence-corrected chi connectivity index (χ2v) is 5.61. The van der Waals surface area contributed by atoms with Crippen LogP contribution >= 0.6 is 11.8 Å². The molecule has 1 unspecified atom stereocenters. The van der Waals surface area contributed by atoms with Gasteiger partial charge in [-0.25, -0.2) is 4.39 Å². The first-order valence-corrected chi connectivity index (χ1v) is 6.73. The molecule has 1 aromatic carbocycles. The van der Waals surface area contributed by atoms with Gasteiger partial charge in [-0.2, -0.15) is 0 Å². The molecule has 3 rings (SSSR count). The summed E-state index contributed by atoms with van der Waals surface area (Å²) in [6.45, 7) is 0.464. The standard InChI is InChI=1S/C14H13FO2S/c15-11-2-4-14-12(6-11)17-8-10-5-9(7-16)1-3-13(10)18-14/h1-3,5-6,14,16H,4,7-8H2. The van der Waals surface area contributed by atoms with Gasteiger partial charge in [-0.3, -0.25) is 0 Å². The third kappa shape index (κ3) is 2.18. The molecule has 94 valence electrons. The number of aliphatic hydroxyl groups is 1. The van der Waals surface area contributed by atoms with Crippen LogP contribution < -0.4 is 0 Å². The number of halogens is 1. The van der Waals surface area contributed by atoms with Crippen molar-refractivity contribution in [2.75, 3.05) is 0 Å². The molecule has 0 saturated heterocycles. The third-order valence-corrected chi connectivity index (χ3v) is 4.46. The summed E-state index contributed by atoms with van der Waals surface area (Å²) in [5.74, 6) is 0.491. The van der Waals surface area contributed by atoms with Gasteiger partial charge in [-0.05, 0) is 30.2 Å². The Kier molecular flexibility index (Phi) is 3.14. The van der Waals surface area contributed by atoms with Crippen molar-refractivity contribution in [2.24, 2.45) is 0 Å². The maximum absolute atomic E-state index is 13.2. The van der Waals surface area contributed by atoms with Gasteiger partial charge < -0.3 is 9.84 Å². The fourth-order valence-electron chi connectivity index (χ4n) is 2.14. The first-order valence-electron chi connectivity index (χ1n) is 5.85. The number of allylic oxidation sites excluding steroid dienone is 3. The van der Waals surface area contributed by atoms with E-state index in [0.29, 0.717) is 18.8 Å². The second-order valence-electron chi connectivity index (χ2n) is 4.37. The van der Waals surface area contributed by atoms with Crippen molar-refractivity contribution in [3.05, 3.63) is 53.1 Å². The topological polar surface area (TPSA) is 29.5 Å². The van der Waals surface area contributed by atoms with Gasteiger partial charge >= 0.3 is 0 Å². The first kappa shape index (κ1) is 11.8. The Labute approximate surface area is 109 Å². The molecule has 2 aliphatic rings. The minimum atomic E-state index is -0.219. The largest absolute Gasteiger partial charge is 0.492 e. The summed E-state index contributed by atoms with van der Waals surface area (Å²) < 4.78 is 18.9. The Bertz CT molecular complexity index is 537. The molecule has 1 aliphatic carbocycles. The molecular formula is C14H13FO2S. The number of hydrogen-bond donors (Lipinski definition) is 1. The maximum atomic E-state index is 13.2. The smallest absolute Gasteiger partial charge is 0.122 e. The van der Waals surface area contributed by atoms with Crippen LogP contribution in [0.5, 0.6) is 0 Å². The Balaban J connectivity index is 1.92. The molecule has 0 radical (unpaired) electrons. The number of aliphatic hydroxyl groups excluding tert-OH is 1. The van der Waals surface area contributed by atoms with Gasteiger partial charge in [0.2, 0.25) is 0 Å². The molecule has 4 heteroatoms. The van der Waals surface area contributed by atoms with Crippen LogP contribution in [0.4, 0.5) is 4.39 Å². The van der Waals surface area contributed by atoms with E-state index in [2.05, 4.69) is 0 Å². The quantitative estimate of drug-likeness (QED) is 0.844. The lowest BCUT2D eigenvalue weighted by atomic mass is 10.1. The zero-order valence-electron chi connectivity index (χ0n) is 9.73. The Morgan fingerprint density at radius 2 is 2.33 bits per heavy atom. The molecule has 0 aromatic heterocycles. The molecule has 1 aliphatic heterocycles. The average Bonchev–Trinajstić information content (AvgIpc) is 2.57. The molecule has 1 aromatic rings. The molecule has 0 saturated carbocycles. The molecule has 0 fully saturated rings. The van der Waals surface area contributed by atoms with E-state index in [1.54, 1.807) is 17.8 Å². The molecule has 1 N–H and O–H groups in total. The summed E-state index contributed by atoms with van der Waals surface area (Å²) in [5, 5.41) is 9.29. The summed E-state index contributed by atoms with van der Waals surface area (Å²) in [6.07, 6.45) is 3.72. The van der Waals surface area contributed by atoms with Crippen molar-refractivity contribution < 1.29 is 14.2 Å². The van der Waals surface area contributed by atoms with Crippen molar-refractivity contribution in [3.63, 3.8) is 0 Å². The predicted octanol–water partition coefficient (Wildman–Crippen LogP) is 3.31. The molecule has 2 nitrogen and oxygen atoms in total.